The summed E-state index contributed by atoms with van der Waals surface area (Å²) in [5, 5.41) is 12.2. The van der Waals surface area contributed by atoms with Crippen molar-refractivity contribution in [3.05, 3.63) is 62.5 Å². The van der Waals surface area contributed by atoms with Crippen molar-refractivity contribution in [1.82, 2.24) is 0 Å². The zero-order valence-corrected chi connectivity index (χ0v) is 16.2. The predicted octanol–water partition coefficient (Wildman–Crippen LogP) is 3.27. The first-order valence-electron chi connectivity index (χ1n) is 7.84. The smallest absolute Gasteiger partial charge is 0.296 e. The van der Waals surface area contributed by atoms with Crippen LogP contribution < -0.4 is 10.7 Å². The lowest BCUT2D eigenvalue weighted by molar-refractivity contribution is 0.0996. The predicted molar refractivity (Wildman–Crippen MR) is 103 cm³/mol. The van der Waals surface area contributed by atoms with Crippen LogP contribution >= 0.6 is 11.6 Å². The van der Waals surface area contributed by atoms with E-state index in [0.717, 1.165) is 12.1 Å². The summed E-state index contributed by atoms with van der Waals surface area (Å²) in [6.45, 7) is 2.90. The molecule has 0 aliphatic heterocycles. The molecule has 3 aromatic rings. The van der Waals surface area contributed by atoms with E-state index in [0.29, 0.717) is 5.56 Å². The van der Waals surface area contributed by atoms with Crippen LogP contribution in [-0.4, -0.2) is 24.0 Å². The molecule has 0 radical (unpaired) electrons. The summed E-state index contributed by atoms with van der Waals surface area (Å²) >= 11 is 5.99. The number of halogens is 1. The van der Waals surface area contributed by atoms with Crippen molar-refractivity contribution in [3.8, 4) is 5.75 Å². The van der Waals surface area contributed by atoms with E-state index in [9.17, 15) is 27.7 Å². The van der Waals surface area contributed by atoms with Crippen molar-refractivity contribution in [2.24, 2.45) is 0 Å². The van der Waals surface area contributed by atoms with Crippen LogP contribution in [0.25, 0.3) is 11.0 Å². The van der Waals surface area contributed by atoms with Gasteiger partial charge in [0.05, 0.1) is 11.1 Å². The van der Waals surface area contributed by atoms with Gasteiger partial charge in [0.2, 0.25) is 0 Å². The molecule has 0 fully saturated rings. The number of amides is 1. The summed E-state index contributed by atoms with van der Waals surface area (Å²) in [5.74, 6) is -1.46. The number of nitrogens with one attached hydrogen (secondary N) is 1. The number of phenols is 1. The molecule has 2 aromatic carbocycles. The average Bonchev–Trinajstić information content (AvgIpc) is 2.59. The number of carbonyl (C=O) groups excluding carboxylic acids is 1. The van der Waals surface area contributed by atoms with Crippen molar-refractivity contribution < 1.29 is 27.3 Å². The minimum atomic E-state index is -4.66. The highest BCUT2D eigenvalue weighted by molar-refractivity contribution is 7.86. The molecular formula is C18H14ClNO7S. The van der Waals surface area contributed by atoms with Gasteiger partial charge in [0.15, 0.2) is 11.2 Å². The highest BCUT2D eigenvalue weighted by Crippen LogP contribution is 2.29. The molecule has 0 saturated heterocycles. The molecule has 0 atom stereocenters. The van der Waals surface area contributed by atoms with Gasteiger partial charge >= 0.3 is 0 Å². The molecule has 1 aromatic heterocycles. The highest BCUT2D eigenvalue weighted by atomic mass is 35.5. The van der Waals surface area contributed by atoms with Crippen LogP contribution in [0.3, 0.4) is 0 Å². The van der Waals surface area contributed by atoms with Crippen molar-refractivity contribution in [1.29, 1.82) is 0 Å². The van der Waals surface area contributed by atoms with Crippen LogP contribution in [0, 0.1) is 13.8 Å². The van der Waals surface area contributed by atoms with E-state index in [1.807, 2.05) is 0 Å². The van der Waals surface area contributed by atoms with E-state index in [2.05, 4.69) is 5.32 Å². The quantitative estimate of drug-likeness (QED) is 0.550. The Morgan fingerprint density at radius 1 is 1.18 bits per heavy atom. The molecule has 28 heavy (non-hydrogen) atoms. The Kier molecular flexibility index (Phi) is 4.92. The number of fused-ring (bicyclic) bond motifs is 1. The van der Waals surface area contributed by atoms with Gasteiger partial charge in [-0.25, -0.2) is 0 Å². The standard InChI is InChI=1S/C18H14ClNO7S/c1-8-5-15(28(24,25)26)13(7-12(8)19)20-18(23)17-9(2)16(22)11-4-3-10(21)6-14(11)27-17/h3-7,21H,1-2H3,(H,20,23)(H,24,25,26). The molecule has 1 amide bonds. The summed E-state index contributed by atoms with van der Waals surface area (Å²) in [4.78, 5) is 24.6. The lowest BCUT2D eigenvalue weighted by Crippen LogP contribution is -2.20. The Morgan fingerprint density at radius 2 is 1.86 bits per heavy atom. The average molecular weight is 424 g/mol. The molecule has 0 spiro atoms. The van der Waals surface area contributed by atoms with Gasteiger partial charge in [0.1, 0.15) is 16.2 Å². The van der Waals surface area contributed by atoms with Gasteiger partial charge in [-0.3, -0.25) is 14.1 Å². The lowest BCUT2D eigenvalue weighted by atomic mass is 10.1. The van der Waals surface area contributed by atoms with Gasteiger partial charge < -0.3 is 14.8 Å². The maximum absolute atomic E-state index is 12.7. The monoisotopic (exact) mass is 423 g/mol. The summed E-state index contributed by atoms with van der Waals surface area (Å²) in [5.41, 5.74) is -0.416. The Labute approximate surface area is 164 Å². The van der Waals surface area contributed by atoms with Crippen LogP contribution in [0.5, 0.6) is 5.75 Å². The Morgan fingerprint density at radius 3 is 2.50 bits per heavy atom. The minimum absolute atomic E-state index is 0.0118. The van der Waals surface area contributed by atoms with Gasteiger partial charge in [0.25, 0.3) is 16.0 Å². The summed E-state index contributed by atoms with van der Waals surface area (Å²) < 4.78 is 38.1. The van der Waals surface area contributed by atoms with Gasteiger partial charge in [-0.05, 0) is 43.7 Å². The third-order valence-electron chi connectivity index (χ3n) is 4.10. The number of rotatable bonds is 3. The van der Waals surface area contributed by atoms with E-state index >= 15 is 0 Å². The van der Waals surface area contributed by atoms with Crippen LogP contribution in [0.2, 0.25) is 5.02 Å². The highest BCUT2D eigenvalue weighted by Gasteiger charge is 2.23. The Balaban J connectivity index is 2.14. The fraction of sp³-hybridized carbons (Fsp3) is 0.111. The Bertz CT molecular complexity index is 1300. The van der Waals surface area contributed by atoms with E-state index in [1.165, 1.54) is 32.0 Å². The number of phenolic OH excluding ortho intramolecular Hbond substituents is 1. The number of benzene rings is 2. The SMILES string of the molecule is Cc1cc(S(=O)(=O)O)c(NC(=O)c2oc3cc(O)ccc3c(=O)c2C)cc1Cl. The molecule has 0 unspecified atom stereocenters. The number of anilines is 1. The number of hydrogen-bond donors (Lipinski definition) is 3. The number of aryl methyl sites for hydroxylation is 1. The van der Waals surface area contributed by atoms with Crippen molar-refractivity contribution in [3.63, 3.8) is 0 Å². The largest absolute Gasteiger partial charge is 0.508 e. The Hall–Kier alpha value is -2.88. The first-order chi connectivity index (χ1) is 13.0. The second kappa shape index (κ2) is 6.93. The van der Waals surface area contributed by atoms with E-state index in [-0.39, 0.29) is 38.8 Å². The van der Waals surface area contributed by atoms with E-state index < -0.39 is 26.3 Å². The molecule has 10 heteroatoms. The van der Waals surface area contributed by atoms with Crippen molar-refractivity contribution >= 4 is 44.3 Å². The van der Waals surface area contributed by atoms with Crippen LogP contribution in [0.1, 0.15) is 21.7 Å². The fourth-order valence-corrected chi connectivity index (χ4v) is 3.51. The van der Waals surface area contributed by atoms with E-state index in [4.69, 9.17) is 16.0 Å². The third-order valence-corrected chi connectivity index (χ3v) is 5.40. The molecule has 0 saturated carbocycles. The zero-order chi connectivity index (χ0) is 20.8. The van der Waals surface area contributed by atoms with Crippen molar-refractivity contribution in [2.75, 3.05) is 5.32 Å². The molecule has 0 aliphatic rings. The minimum Gasteiger partial charge on any atom is -0.508 e. The number of carbonyl (C=O) groups is 1. The summed E-state index contributed by atoms with van der Waals surface area (Å²) in [6, 6.07) is 6.12. The number of aromatic hydroxyl groups is 1. The van der Waals surface area contributed by atoms with E-state index in [1.54, 1.807) is 0 Å². The van der Waals surface area contributed by atoms with Crippen LogP contribution in [0.4, 0.5) is 5.69 Å². The maximum atomic E-state index is 12.7. The first-order valence-corrected chi connectivity index (χ1v) is 9.66. The van der Waals surface area contributed by atoms with Gasteiger partial charge in [-0.1, -0.05) is 11.6 Å². The van der Waals surface area contributed by atoms with Crippen LogP contribution in [-0.2, 0) is 10.1 Å². The van der Waals surface area contributed by atoms with Gasteiger partial charge in [-0.15, -0.1) is 0 Å². The first kappa shape index (κ1) is 19.9. The zero-order valence-electron chi connectivity index (χ0n) is 14.6. The molecule has 8 nitrogen and oxygen atoms in total. The lowest BCUT2D eigenvalue weighted by Gasteiger charge is -2.12. The van der Waals surface area contributed by atoms with Crippen LogP contribution in [0.15, 0.2) is 44.4 Å². The maximum Gasteiger partial charge on any atom is 0.296 e. The normalized spacial score (nSPS) is 11.6. The summed E-state index contributed by atoms with van der Waals surface area (Å²) in [7, 11) is -4.66. The molecule has 3 N–H and O–H groups in total. The molecule has 1 heterocycles. The van der Waals surface area contributed by atoms with Gasteiger partial charge in [0, 0.05) is 16.7 Å². The molecule has 0 aliphatic carbocycles. The second-order valence-corrected chi connectivity index (χ2v) is 7.89. The number of hydrogen-bond acceptors (Lipinski definition) is 6. The molecular weight excluding hydrogens is 410 g/mol. The molecule has 146 valence electrons. The second-order valence-electron chi connectivity index (χ2n) is 6.09. The van der Waals surface area contributed by atoms with Crippen molar-refractivity contribution in [2.45, 2.75) is 18.7 Å². The van der Waals surface area contributed by atoms with Gasteiger partial charge in [-0.2, -0.15) is 8.42 Å². The molecule has 3 rings (SSSR count). The summed E-state index contributed by atoms with van der Waals surface area (Å²) in [6.07, 6.45) is 0. The fourth-order valence-electron chi connectivity index (χ4n) is 2.64. The third kappa shape index (κ3) is 3.59. The topological polar surface area (TPSA) is 134 Å². The molecule has 0 bridgehead atoms.